The van der Waals surface area contributed by atoms with E-state index in [2.05, 4.69) is 20.9 Å². The van der Waals surface area contributed by atoms with Crippen LogP contribution in [0.25, 0.3) is 11.7 Å². The summed E-state index contributed by atoms with van der Waals surface area (Å²) >= 11 is 3.37. The third kappa shape index (κ3) is 4.22. The average molecular weight is 399 g/mol. The molecular formula is C19H15BrN2O3. The van der Waals surface area contributed by atoms with Crippen LogP contribution in [-0.4, -0.2) is 15.4 Å². The van der Waals surface area contributed by atoms with Gasteiger partial charge in [0.1, 0.15) is 12.3 Å². The zero-order chi connectivity index (χ0) is 17.8. The summed E-state index contributed by atoms with van der Waals surface area (Å²) in [6, 6.07) is 14.3. The fourth-order valence-corrected chi connectivity index (χ4v) is 2.82. The molecule has 0 radical (unpaired) electrons. The molecule has 3 rings (SSSR count). The number of benzene rings is 1. The molecule has 0 fully saturated rings. The lowest BCUT2D eigenvalue weighted by molar-refractivity contribution is -0.139. The second kappa shape index (κ2) is 7.44. The summed E-state index contributed by atoms with van der Waals surface area (Å²) in [7, 11) is 0. The van der Waals surface area contributed by atoms with Gasteiger partial charge in [0.25, 0.3) is 5.56 Å². The maximum atomic E-state index is 12.2. The second-order valence-electron chi connectivity index (χ2n) is 5.44. The van der Waals surface area contributed by atoms with E-state index in [4.69, 9.17) is 4.74 Å². The van der Waals surface area contributed by atoms with E-state index in [1.807, 2.05) is 43.3 Å². The zero-order valence-corrected chi connectivity index (χ0v) is 15.1. The number of nitrogens with zero attached hydrogens (tertiary/aromatic N) is 2. The van der Waals surface area contributed by atoms with Crippen molar-refractivity contribution in [1.82, 2.24) is 9.38 Å². The Labute approximate surface area is 152 Å². The lowest BCUT2D eigenvalue weighted by atomic mass is 10.2. The van der Waals surface area contributed by atoms with Crippen LogP contribution in [-0.2, 0) is 16.1 Å². The topological polar surface area (TPSA) is 60.7 Å². The van der Waals surface area contributed by atoms with E-state index in [0.29, 0.717) is 11.3 Å². The highest BCUT2D eigenvalue weighted by atomic mass is 79.9. The summed E-state index contributed by atoms with van der Waals surface area (Å²) in [6.07, 6.45) is 3.01. The first-order valence-corrected chi connectivity index (χ1v) is 8.41. The molecule has 0 aliphatic rings. The molecule has 0 spiro atoms. The standard InChI is InChI=1S/C19H15BrN2O3/c1-13-4-2-7-17-21-16(11-18(23)22(13)17)12-25-19(24)9-8-14-5-3-6-15(20)10-14/h2-11H,12H2,1H3/b9-8+. The van der Waals surface area contributed by atoms with Crippen LogP contribution in [0, 0.1) is 6.92 Å². The van der Waals surface area contributed by atoms with Crippen LogP contribution in [0.3, 0.4) is 0 Å². The van der Waals surface area contributed by atoms with E-state index in [1.165, 1.54) is 16.5 Å². The molecule has 0 bridgehead atoms. The van der Waals surface area contributed by atoms with Crippen LogP contribution in [0.2, 0.25) is 0 Å². The molecule has 0 saturated carbocycles. The number of aromatic nitrogens is 2. The lowest BCUT2D eigenvalue weighted by Gasteiger charge is -2.06. The highest BCUT2D eigenvalue weighted by Gasteiger charge is 2.06. The van der Waals surface area contributed by atoms with Crippen molar-refractivity contribution >= 4 is 33.6 Å². The Balaban J connectivity index is 1.70. The molecule has 126 valence electrons. The van der Waals surface area contributed by atoms with Crippen molar-refractivity contribution < 1.29 is 9.53 Å². The molecule has 0 saturated heterocycles. The molecule has 0 amide bonds. The Morgan fingerprint density at radius 1 is 1.24 bits per heavy atom. The molecule has 0 aliphatic heterocycles. The van der Waals surface area contributed by atoms with Crippen molar-refractivity contribution in [2.75, 3.05) is 0 Å². The highest BCUT2D eigenvalue weighted by molar-refractivity contribution is 9.10. The quantitative estimate of drug-likeness (QED) is 0.498. The van der Waals surface area contributed by atoms with E-state index in [-0.39, 0.29) is 12.2 Å². The number of esters is 1. The monoisotopic (exact) mass is 398 g/mol. The first kappa shape index (κ1) is 17.1. The molecule has 2 heterocycles. The Hall–Kier alpha value is -2.73. The number of halogens is 1. The van der Waals surface area contributed by atoms with Crippen molar-refractivity contribution in [3.05, 3.63) is 86.4 Å². The first-order valence-electron chi connectivity index (χ1n) is 7.62. The third-order valence-corrected chi connectivity index (χ3v) is 4.05. The number of ether oxygens (including phenoxy) is 1. The second-order valence-corrected chi connectivity index (χ2v) is 6.36. The Morgan fingerprint density at radius 3 is 2.84 bits per heavy atom. The summed E-state index contributed by atoms with van der Waals surface area (Å²) < 4.78 is 7.61. The Kier molecular flexibility index (Phi) is 5.09. The van der Waals surface area contributed by atoms with E-state index >= 15 is 0 Å². The molecule has 0 N–H and O–H groups in total. The van der Waals surface area contributed by atoms with Gasteiger partial charge in [-0.3, -0.25) is 9.20 Å². The van der Waals surface area contributed by atoms with Gasteiger partial charge in [-0.1, -0.05) is 34.1 Å². The summed E-state index contributed by atoms with van der Waals surface area (Å²) in [4.78, 5) is 28.4. The van der Waals surface area contributed by atoms with Gasteiger partial charge < -0.3 is 4.74 Å². The van der Waals surface area contributed by atoms with Crippen LogP contribution in [0.4, 0.5) is 0 Å². The predicted octanol–water partition coefficient (Wildman–Crippen LogP) is 3.52. The van der Waals surface area contributed by atoms with Crippen molar-refractivity contribution in [3.63, 3.8) is 0 Å². The van der Waals surface area contributed by atoms with Gasteiger partial charge in [0.15, 0.2) is 0 Å². The van der Waals surface area contributed by atoms with Crippen LogP contribution < -0.4 is 5.56 Å². The van der Waals surface area contributed by atoms with E-state index in [1.54, 1.807) is 12.1 Å². The summed E-state index contributed by atoms with van der Waals surface area (Å²) in [5.74, 6) is -0.494. The average Bonchev–Trinajstić information content (AvgIpc) is 2.58. The molecule has 1 aromatic carbocycles. The number of fused-ring (bicyclic) bond motifs is 1. The van der Waals surface area contributed by atoms with Gasteiger partial charge in [-0.2, -0.15) is 0 Å². The SMILES string of the molecule is Cc1cccc2nc(COC(=O)/C=C/c3cccc(Br)c3)cc(=O)n12. The van der Waals surface area contributed by atoms with Gasteiger partial charge >= 0.3 is 5.97 Å². The summed E-state index contributed by atoms with van der Waals surface area (Å²) in [5, 5.41) is 0. The van der Waals surface area contributed by atoms with Crippen molar-refractivity contribution in [3.8, 4) is 0 Å². The van der Waals surface area contributed by atoms with Crippen LogP contribution in [0.1, 0.15) is 17.0 Å². The normalized spacial score (nSPS) is 11.1. The largest absolute Gasteiger partial charge is 0.456 e. The Morgan fingerprint density at radius 2 is 2.04 bits per heavy atom. The van der Waals surface area contributed by atoms with Gasteiger partial charge in [-0.05, 0) is 42.8 Å². The number of aryl methyl sites for hydroxylation is 1. The van der Waals surface area contributed by atoms with Gasteiger partial charge in [0.05, 0.1) is 5.69 Å². The molecule has 6 heteroatoms. The maximum Gasteiger partial charge on any atom is 0.331 e. The van der Waals surface area contributed by atoms with Gasteiger partial charge in [0, 0.05) is 22.3 Å². The minimum absolute atomic E-state index is 0.0542. The fourth-order valence-electron chi connectivity index (χ4n) is 2.41. The van der Waals surface area contributed by atoms with E-state index < -0.39 is 5.97 Å². The van der Waals surface area contributed by atoms with Crippen LogP contribution in [0.5, 0.6) is 0 Å². The molecule has 2 aromatic heterocycles. The van der Waals surface area contributed by atoms with Gasteiger partial charge in [-0.25, -0.2) is 9.78 Å². The minimum atomic E-state index is -0.494. The molecular weight excluding hydrogens is 384 g/mol. The van der Waals surface area contributed by atoms with Gasteiger partial charge in [-0.15, -0.1) is 0 Å². The Bertz CT molecular complexity index is 1020. The number of hydrogen-bond acceptors (Lipinski definition) is 4. The van der Waals surface area contributed by atoms with E-state index in [9.17, 15) is 9.59 Å². The summed E-state index contributed by atoms with van der Waals surface area (Å²) in [6.45, 7) is 1.78. The highest BCUT2D eigenvalue weighted by Crippen LogP contribution is 2.12. The molecule has 3 aromatic rings. The first-order chi connectivity index (χ1) is 12.0. The number of rotatable bonds is 4. The molecule has 0 atom stereocenters. The molecule has 0 aliphatic carbocycles. The smallest absolute Gasteiger partial charge is 0.331 e. The maximum absolute atomic E-state index is 12.2. The van der Waals surface area contributed by atoms with Crippen LogP contribution in [0.15, 0.2) is 63.9 Å². The fraction of sp³-hybridized carbons (Fsp3) is 0.105. The zero-order valence-electron chi connectivity index (χ0n) is 13.5. The molecule has 25 heavy (non-hydrogen) atoms. The lowest BCUT2D eigenvalue weighted by Crippen LogP contribution is -2.18. The molecule has 5 nitrogen and oxygen atoms in total. The van der Waals surface area contributed by atoms with Crippen molar-refractivity contribution in [2.24, 2.45) is 0 Å². The number of carbonyl (C=O) groups excluding carboxylic acids is 1. The molecule has 0 unspecified atom stereocenters. The van der Waals surface area contributed by atoms with E-state index in [0.717, 1.165) is 15.7 Å². The predicted molar refractivity (Wildman–Crippen MR) is 99.2 cm³/mol. The van der Waals surface area contributed by atoms with Crippen LogP contribution >= 0.6 is 15.9 Å². The number of carbonyl (C=O) groups is 1. The number of pyridine rings is 1. The minimum Gasteiger partial charge on any atom is -0.456 e. The number of hydrogen-bond donors (Lipinski definition) is 0. The van der Waals surface area contributed by atoms with Gasteiger partial charge in [0.2, 0.25) is 0 Å². The third-order valence-electron chi connectivity index (χ3n) is 3.56. The summed E-state index contributed by atoms with van der Waals surface area (Å²) in [5.41, 5.74) is 2.43. The van der Waals surface area contributed by atoms with Crippen molar-refractivity contribution in [2.45, 2.75) is 13.5 Å². The van der Waals surface area contributed by atoms with Crippen molar-refractivity contribution in [1.29, 1.82) is 0 Å².